The maximum absolute atomic E-state index is 13.2. The van der Waals surface area contributed by atoms with Gasteiger partial charge in [0.25, 0.3) is 0 Å². The van der Waals surface area contributed by atoms with Crippen molar-refractivity contribution in [1.82, 2.24) is 5.32 Å². The van der Waals surface area contributed by atoms with Crippen molar-refractivity contribution in [3.63, 3.8) is 0 Å². The Bertz CT molecular complexity index is 1330. The molecule has 9 N–H and O–H groups in total. The second kappa shape index (κ2) is 43.4. The monoisotopic (exact) mass is 1010 g/mol. The van der Waals surface area contributed by atoms with Crippen LogP contribution in [0.15, 0.2) is 36.5 Å². The van der Waals surface area contributed by atoms with Crippen LogP contribution in [0.25, 0.3) is 0 Å². The molecule has 0 radical (unpaired) electrons. The van der Waals surface area contributed by atoms with E-state index in [4.69, 9.17) is 18.9 Å². The molecule has 14 nitrogen and oxygen atoms in total. The van der Waals surface area contributed by atoms with Crippen molar-refractivity contribution >= 4 is 5.91 Å². The summed E-state index contributed by atoms with van der Waals surface area (Å²) >= 11 is 0. The first-order chi connectivity index (χ1) is 34.6. The largest absolute Gasteiger partial charge is 0.394 e. The van der Waals surface area contributed by atoms with Crippen molar-refractivity contribution in [2.45, 2.75) is 299 Å². The number of ether oxygens (including phenoxy) is 4. The third-order valence-corrected chi connectivity index (χ3v) is 14.0. The first-order valence-electron chi connectivity index (χ1n) is 28.7. The zero-order valence-electron chi connectivity index (χ0n) is 44.5. The fourth-order valence-corrected chi connectivity index (χ4v) is 9.39. The molecule has 2 aliphatic rings. The molecule has 2 aliphatic heterocycles. The van der Waals surface area contributed by atoms with Crippen molar-refractivity contribution in [1.29, 1.82) is 0 Å². The lowest BCUT2D eigenvalue weighted by Gasteiger charge is -2.46. The number of nitrogens with one attached hydrogen (secondary N) is 1. The second-order valence-corrected chi connectivity index (χ2v) is 20.4. The summed E-state index contributed by atoms with van der Waals surface area (Å²) in [6.07, 6.45) is 35.0. The van der Waals surface area contributed by atoms with E-state index in [1.165, 1.54) is 141 Å². The lowest BCUT2D eigenvalue weighted by atomic mass is 9.97. The van der Waals surface area contributed by atoms with Crippen LogP contribution in [-0.2, 0) is 23.7 Å². The van der Waals surface area contributed by atoms with E-state index >= 15 is 0 Å². The number of aliphatic hydroxyl groups is 8. The minimum atomic E-state index is -1.79. The quantitative estimate of drug-likeness (QED) is 0.0205. The van der Waals surface area contributed by atoms with Gasteiger partial charge in [0.1, 0.15) is 48.8 Å². The maximum atomic E-state index is 13.2. The number of allylic oxidation sites excluding steroid dienone is 5. The fourth-order valence-electron chi connectivity index (χ4n) is 9.39. The molecule has 0 aromatic carbocycles. The molecule has 0 aromatic heterocycles. The molecule has 2 fully saturated rings. The van der Waals surface area contributed by atoms with E-state index in [2.05, 4.69) is 43.5 Å². The Kier molecular flexibility index (Phi) is 40.0. The number of hydrogen-bond donors (Lipinski definition) is 9. The number of carbonyl (C=O) groups is 1. The van der Waals surface area contributed by atoms with Crippen LogP contribution < -0.4 is 5.32 Å². The van der Waals surface area contributed by atoms with Gasteiger partial charge in [0, 0.05) is 6.42 Å². The van der Waals surface area contributed by atoms with Crippen molar-refractivity contribution in [2.24, 2.45) is 0 Å². The fraction of sp³-hybridized carbons (Fsp3) is 0.877. The van der Waals surface area contributed by atoms with Gasteiger partial charge in [0.15, 0.2) is 12.6 Å². The molecule has 0 spiro atoms. The van der Waals surface area contributed by atoms with E-state index in [1.54, 1.807) is 6.08 Å². The highest BCUT2D eigenvalue weighted by Crippen LogP contribution is 2.30. The molecule has 0 aromatic rings. The number of amides is 1. The zero-order chi connectivity index (χ0) is 51.7. The summed E-state index contributed by atoms with van der Waals surface area (Å²) in [5, 5.41) is 86.8. The molecule has 2 rings (SSSR count). The van der Waals surface area contributed by atoms with Crippen LogP contribution in [0, 0.1) is 0 Å². The molecule has 2 saturated heterocycles. The predicted octanol–water partition coefficient (Wildman–Crippen LogP) is 9.05. The summed E-state index contributed by atoms with van der Waals surface area (Å²) in [5.41, 5.74) is 0. The number of aliphatic hydroxyl groups excluding tert-OH is 8. The lowest BCUT2D eigenvalue weighted by molar-refractivity contribution is -0.359. The van der Waals surface area contributed by atoms with E-state index in [0.29, 0.717) is 12.8 Å². The zero-order valence-corrected chi connectivity index (χ0v) is 44.5. The van der Waals surface area contributed by atoms with E-state index in [1.807, 2.05) is 6.08 Å². The molecular weight excluding hydrogens is 907 g/mol. The molecule has 71 heavy (non-hydrogen) atoms. The third kappa shape index (κ3) is 29.8. The van der Waals surface area contributed by atoms with Crippen molar-refractivity contribution in [2.75, 3.05) is 19.8 Å². The summed E-state index contributed by atoms with van der Waals surface area (Å²) in [5.74, 6) is -0.252. The van der Waals surface area contributed by atoms with E-state index in [9.17, 15) is 45.6 Å². The van der Waals surface area contributed by atoms with Gasteiger partial charge in [-0.3, -0.25) is 4.79 Å². The van der Waals surface area contributed by atoms with E-state index in [-0.39, 0.29) is 18.9 Å². The topological polar surface area (TPSA) is 228 Å². The van der Waals surface area contributed by atoms with Crippen molar-refractivity contribution < 1.29 is 64.6 Å². The number of carbonyl (C=O) groups excluding carboxylic acids is 1. The van der Waals surface area contributed by atoms with Gasteiger partial charge >= 0.3 is 0 Å². The van der Waals surface area contributed by atoms with Gasteiger partial charge in [-0.1, -0.05) is 217 Å². The summed E-state index contributed by atoms with van der Waals surface area (Å²) in [4.78, 5) is 13.2. The van der Waals surface area contributed by atoms with Gasteiger partial charge in [-0.05, 0) is 38.5 Å². The Balaban J connectivity index is 1.70. The van der Waals surface area contributed by atoms with Gasteiger partial charge < -0.3 is 65.1 Å². The number of hydrogen-bond acceptors (Lipinski definition) is 13. The summed E-state index contributed by atoms with van der Waals surface area (Å²) in [7, 11) is 0. The molecule has 12 atom stereocenters. The maximum Gasteiger partial charge on any atom is 0.220 e. The van der Waals surface area contributed by atoms with Gasteiger partial charge in [0.05, 0.1) is 32.0 Å². The molecule has 0 bridgehead atoms. The number of unbranched alkanes of at least 4 members (excludes halogenated alkanes) is 28. The minimum absolute atomic E-state index is 0.252. The van der Waals surface area contributed by atoms with Gasteiger partial charge in [-0.25, -0.2) is 0 Å². The Morgan fingerprint density at radius 1 is 0.493 bits per heavy atom. The minimum Gasteiger partial charge on any atom is -0.394 e. The van der Waals surface area contributed by atoms with E-state index < -0.39 is 86.8 Å². The SMILES string of the molecule is CCC/C=C/CC/C=C/CC/C=C/C(O)C(COC1OC(CO)C(OC2OC(CO)C(O)C(O)C2O)C(O)C1O)NC(=O)CCCCCCCCCCCCCCCCCCCCCCCCCCCC. The third-order valence-electron chi connectivity index (χ3n) is 14.0. The summed E-state index contributed by atoms with van der Waals surface area (Å²) < 4.78 is 22.7. The van der Waals surface area contributed by atoms with Crippen LogP contribution in [0.1, 0.15) is 226 Å². The van der Waals surface area contributed by atoms with Gasteiger partial charge in [0.2, 0.25) is 5.91 Å². The molecule has 0 aliphatic carbocycles. The average molecular weight is 1010 g/mol. The molecule has 14 heteroatoms. The second-order valence-electron chi connectivity index (χ2n) is 20.4. The van der Waals surface area contributed by atoms with Gasteiger partial charge in [-0.15, -0.1) is 0 Å². The molecule has 12 unspecified atom stereocenters. The first kappa shape index (κ1) is 65.3. The van der Waals surface area contributed by atoms with E-state index in [0.717, 1.165) is 51.4 Å². The van der Waals surface area contributed by atoms with Crippen LogP contribution in [0.5, 0.6) is 0 Å². The smallest absolute Gasteiger partial charge is 0.220 e. The standard InChI is InChI=1S/C57H105NO13/c1-3-5-7-9-11-13-15-16-17-18-19-20-21-22-23-24-25-26-27-28-29-31-33-35-37-39-41-49(62)58-45(46(61)40-38-36-34-32-30-14-12-10-8-6-4-2)44-68-56-54(67)52(65)55(48(43-60)70-56)71-57-53(66)51(64)50(63)47(42-59)69-57/h8,10,30,32,38,40,45-48,50-57,59-61,63-67H,3-7,9,11-29,31,33-37,39,41-44H2,1-2H3,(H,58,62)/b10-8+,32-30+,40-38+. The molecule has 416 valence electrons. The Labute approximate surface area is 430 Å². The van der Waals surface area contributed by atoms with Crippen LogP contribution in [0.3, 0.4) is 0 Å². The molecular formula is C57H105NO13. The highest BCUT2D eigenvalue weighted by atomic mass is 16.7. The Morgan fingerprint density at radius 3 is 1.35 bits per heavy atom. The lowest BCUT2D eigenvalue weighted by Crippen LogP contribution is -2.65. The van der Waals surface area contributed by atoms with Gasteiger partial charge in [-0.2, -0.15) is 0 Å². The molecule has 1 amide bonds. The highest BCUT2D eigenvalue weighted by molar-refractivity contribution is 5.76. The van der Waals surface area contributed by atoms with Crippen molar-refractivity contribution in [3.8, 4) is 0 Å². The van der Waals surface area contributed by atoms with Crippen molar-refractivity contribution in [3.05, 3.63) is 36.5 Å². The Morgan fingerprint density at radius 2 is 0.901 bits per heavy atom. The Hall–Kier alpha value is -1.79. The molecule has 0 saturated carbocycles. The van der Waals surface area contributed by atoms with Crippen LogP contribution in [-0.4, -0.2) is 140 Å². The highest BCUT2D eigenvalue weighted by Gasteiger charge is 2.51. The summed E-state index contributed by atoms with van der Waals surface area (Å²) in [6.45, 7) is 2.70. The van der Waals surface area contributed by atoms with Crippen LogP contribution in [0.2, 0.25) is 0 Å². The van der Waals surface area contributed by atoms with Crippen LogP contribution >= 0.6 is 0 Å². The first-order valence-corrected chi connectivity index (χ1v) is 28.7. The summed E-state index contributed by atoms with van der Waals surface area (Å²) in [6, 6.07) is -0.933. The predicted molar refractivity (Wildman–Crippen MR) is 281 cm³/mol. The van der Waals surface area contributed by atoms with Crippen LogP contribution in [0.4, 0.5) is 0 Å². The average Bonchev–Trinajstić information content (AvgIpc) is 3.37. The number of rotatable bonds is 45. The normalized spacial score (nSPS) is 26.0. The molecule has 2 heterocycles.